The third-order valence-electron chi connectivity index (χ3n) is 1.58. The Hall–Kier alpha value is -1.72. The molecule has 0 aliphatic rings. The maximum Gasteiger partial charge on any atom is 0.138 e. The molecule has 0 unspecified atom stereocenters. The summed E-state index contributed by atoms with van der Waals surface area (Å²) in [7, 11) is 0. The predicted molar refractivity (Wildman–Crippen MR) is 40.1 cm³/mol. The van der Waals surface area contributed by atoms with Gasteiger partial charge < -0.3 is 0 Å². The second-order valence-corrected chi connectivity index (χ2v) is 2.43. The smallest absolute Gasteiger partial charge is 0.138 e. The summed E-state index contributed by atoms with van der Waals surface area (Å²) in [5, 5.41) is 17.4. The minimum atomic E-state index is 0.784. The van der Waals surface area contributed by atoms with Gasteiger partial charge in [0.2, 0.25) is 0 Å². The van der Waals surface area contributed by atoms with Crippen molar-refractivity contribution in [2.24, 2.45) is 0 Å². The number of nitrogens with zero attached hydrogens (tertiary/aromatic N) is 5. The van der Waals surface area contributed by atoms with Crippen LogP contribution >= 0.6 is 0 Å². The van der Waals surface area contributed by atoms with Gasteiger partial charge in [-0.1, -0.05) is 0 Å². The van der Waals surface area contributed by atoms with Crippen LogP contribution in [0.3, 0.4) is 0 Å². The second-order valence-electron chi connectivity index (χ2n) is 2.43. The molecule has 0 aliphatic carbocycles. The summed E-state index contributed by atoms with van der Waals surface area (Å²) in [5.74, 6) is 0. The summed E-state index contributed by atoms with van der Waals surface area (Å²) in [6.45, 7) is 0.784. The lowest BCUT2D eigenvalue weighted by Gasteiger charge is -1.94. The lowest BCUT2D eigenvalue weighted by atomic mass is 10.3. The minimum Gasteiger partial charge on any atom is -0.285 e. The molecule has 2 heterocycles. The minimum absolute atomic E-state index is 0.784. The first kappa shape index (κ1) is 6.96. The lowest BCUT2D eigenvalue weighted by molar-refractivity contribution is 0.589. The Bertz CT molecular complexity index is 275. The molecular formula is C6H8N6. The molecule has 2 aromatic rings. The number of tetrazole rings is 1. The van der Waals surface area contributed by atoms with Gasteiger partial charge in [0, 0.05) is 12.7 Å². The van der Waals surface area contributed by atoms with Gasteiger partial charge in [-0.15, -0.1) is 5.10 Å². The number of hydrogen-bond donors (Lipinski definition) is 1. The Morgan fingerprint density at radius 3 is 3.17 bits per heavy atom. The fraction of sp³-hybridized carbons (Fsp3) is 0.333. The number of aromatic nitrogens is 6. The third kappa shape index (κ3) is 1.47. The van der Waals surface area contributed by atoms with Crippen LogP contribution in [-0.4, -0.2) is 30.4 Å². The van der Waals surface area contributed by atoms with Gasteiger partial charge in [0.05, 0.1) is 6.20 Å². The summed E-state index contributed by atoms with van der Waals surface area (Å²) < 4.78 is 1.69. The largest absolute Gasteiger partial charge is 0.285 e. The van der Waals surface area contributed by atoms with E-state index < -0.39 is 0 Å². The van der Waals surface area contributed by atoms with E-state index in [0.29, 0.717) is 0 Å². The van der Waals surface area contributed by atoms with Crippen LogP contribution in [-0.2, 0) is 13.0 Å². The normalized spacial score (nSPS) is 10.3. The number of rotatable bonds is 3. The highest BCUT2D eigenvalue weighted by molar-refractivity contribution is 5.01. The molecule has 6 heteroatoms. The summed E-state index contributed by atoms with van der Waals surface area (Å²) in [4.78, 5) is 0. The van der Waals surface area contributed by atoms with Gasteiger partial charge in [-0.25, -0.2) is 4.68 Å². The van der Waals surface area contributed by atoms with Crippen molar-refractivity contribution >= 4 is 0 Å². The molecule has 6 nitrogen and oxygen atoms in total. The fourth-order valence-electron chi connectivity index (χ4n) is 0.941. The van der Waals surface area contributed by atoms with E-state index in [-0.39, 0.29) is 0 Å². The SMILES string of the molecule is c1n[nH]cc1CCn1cnnn1. The average Bonchev–Trinajstić information content (AvgIpc) is 2.74. The van der Waals surface area contributed by atoms with E-state index >= 15 is 0 Å². The van der Waals surface area contributed by atoms with Gasteiger partial charge >= 0.3 is 0 Å². The molecule has 2 rings (SSSR count). The average molecular weight is 164 g/mol. The Morgan fingerprint density at radius 1 is 1.50 bits per heavy atom. The van der Waals surface area contributed by atoms with Gasteiger partial charge in [0.15, 0.2) is 0 Å². The van der Waals surface area contributed by atoms with Crippen molar-refractivity contribution in [3.05, 3.63) is 24.3 Å². The molecule has 0 aromatic carbocycles. The number of aryl methyl sites for hydroxylation is 2. The van der Waals surface area contributed by atoms with Crippen LogP contribution in [0, 0.1) is 0 Å². The molecule has 0 bridgehead atoms. The zero-order valence-corrected chi connectivity index (χ0v) is 6.38. The first-order chi connectivity index (χ1) is 5.95. The highest BCUT2D eigenvalue weighted by atomic mass is 15.5. The first-order valence-electron chi connectivity index (χ1n) is 3.63. The Kier molecular flexibility index (Phi) is 1.81. The van der Waals surface area contributed by atoms with Gasteiger partial charge in [-0.05, 0) is 22.4 Å². The second kappa shape index (κ2) is 3.12. The number of nitrogens with one attached hydrogen (secondary N) is 1. The maximum atomic E-state index is 3.84. The van der Waals surface area contributed by atoms with Crippen LogP contribution in [0.1, 0.15) is 5.56 Å². The lowest BCUT2D eigenvalue weighted by Crippen LogP contribution is -2.01. The molecule has 0 spiro atoms. The number of aromatic amines is 1. The van der Waals surface area contributed by atoms with Crippen LogP contribution in [0.15, 0.2) is 18.7 Å². The molecule has 0 saturated carbocycles. The Balaban J connectivity index is 1.91. The first-order valence-corrected chi connectivity index (χ1v) is 3.63. The molecule has 12 heavy (non-hydrogen) atoms. The number of hydrogen-bond acceptors (Lipinski definition) is 4. The van der Waals surface area contributed by atoms with Crippen LogP contribution < -0.4 is 0 Å². The van der Waals surface area contributed by atoms with Gasteiger partial charge in [-0.2, -0.15) is 5.10 Å². The summed E-state index contributed by atoms with van der Waals surface area (Å²) >= 11 is 0. The van der Waals surface area contributed by atoms with Crippen LogP contribution in [0.5, 0.6) is 0 Å². The van der Waals surface area contributed by atoms with E-state index in [4.69, 9.17) is 0 Å². The molecule has 0 fully saturated rings. The van der Waals surface area contributed by atoms with Crippen molar-refractivity contribution < 1.29 is 0 Å². The van der Waals surface area contributed by atoms with Crippen LogP contribution in [0.2, 0.25) is 0 Å². The van der Waals surface area contributed by atoms with Crippen molar-refractivity contribution in [2.75, 3.05) is 0 Å². The summed E-state index contributed by atoms with van der Waals surface area (Å²) in [6, 6.07) is 0. The molecule has 2 aromatic heterocycles. The fourth-order valence-corrected chi connectivity index (χ4v) is 0.941. The molecule has 0 atom stereocenters. The molecule has 0 aliphatic heterocycles. The Labute approximate surface area is 68.6 Å². The van der Waals surface area contributed by atoms with E-state index in [1.165, 1.54) is 0 Å². The van der Waals surface area contributed by atoms with Gasteiger partial charge in [0.25, 0.3) is 0 Å². The standard InChI is InChI=1S/C6H8N6/c1(6-3-7-8-4-6)2-12-5-9-10-11-12/h3-5H,1-2H2,(H,7,8). The Morgan fingerprint density at radius 2 is 2.50 bits per heavy atom. The zero-order valence-electron chi connectivity index (χ0n) is 6.38. The maximum absolute atomic E-state index is 3.84. The highest BCUT2D eigenvalue weighted by Crippen LogP contribution is 1.96. The number of H-pyrrole nitrogens is 1. The third-order valence-corrected chi connectivity index (χ3v) is 1.58. The summed E-state index contributed by atoms with van der Waals surface area (Å²) in [5.41, 5.74) is 1.16. The van der Waals surface area contributed by atoms with Crippen LogP contribution in [0.25, 0.3) is 0 Å². The van der Waals surface area contributed by atoms with E-state index in [1.807, 2.05) is 6.20 Å². The predicted octanol–water partition coefficient (Wildman–Crippen LogP) is -0.361. The van der Waals surface area contributed by atoms with Crippen molar-refractivity contribution in [2.45, 2.75) is 13.0 Å². The molecule has 1 N–H and O–H groups in total. The topological polar surface area (TPSA) is 72.3 Å². The van der Waals surface area contributed by atoms with Crippen molar-refractivity contribution in [3.8, 4) is 0 Å². The van der Waals surface area contributed by atoms with E-state index in [0.717, 1.165) is 18.5 Å². The van der Waals surface area contributed by atoms with E-state index in [9.17, 15) is 0 Å². The summed E-state index contributed by atoms with van der Waals surface area (Å²) in [6.07, 6.45) is 6.15. The van der Waals surface area contributed by atoms with Crippen LogP contribution in [0.4, 0.5) is 0 Å². The molecule has 62 valence electrons. The van der Waals surface area contributed by atoms with Crippen molar-refractivity contribution in [1.82, 2.24) is 30.4 Å². The molecular weight excluding hydrogens is 156 g/mol. The quantitative estimate of drug-likeness (QED) is 0.672. The molecule has 0 saturated heterocycles. The van der Waals surface area contributed by atoms with Crippen molar-refractivity contribution in [3.63, 3.8) is 0 Å². The van der Waals surface area contributed by atoms with Crippen molar-refractivity contribution in [1.29, 1.82) is 0 Å². The monoisotopic (exact) mass is 164 g/mol. The molecule has 0 amide bonds. The van der Waals surface area contributed by atoms with E-state index in [2.05, 4.69) is 25.7 Å². The zero-order chi connectivity index (χ0) is 8.23. The van der Waals surface area contributed by atoms with Gasteiger partial charge in [-0.3, -0.25) is 5.10 Å². The van der Waals surface area contributed by atoms with E-state index in [1.54, 1.807) is 17.2 Å². The molecule has 0 radical (unpaired) electrons. The highest BCUT2D eigenvalue weighted by Gasteiger charge is 1.95. The van der Waals surface area contributed by atoms with Gasteiger partial charge in [0.1, 0.15) is 6.33 Å².